The highest BCUT2D eigenvalue weighted by Crippen LogP contribution is 2.36. The van der Waals surface area contributed by atoms with Gasteiger partial charge >= 0.3 is 11.9 Å². The van der Waals surface area contributed by atoms with E-state index in [2.05, 4.69) is 4.99 Å². The minimum absolute atomic E-state index is 0.0810. The molecular formula is C34H34N2O8S. The number of furan rings is 1. The van der Waals surface area contributed by atoms with Crippen LogP contribution in [-0.4, -0.2) is 43.4 Å². The number of ether oxygens (including phenoxy) is 4. The lowest BCUT2D eigenvalue weighted by Crippen LogP contribution is -2.40. The van der Waals surface area contributed by atoms with Crippen molar-refractivity contribution in [2.24, 2.45) is 4.99 Å². The monoisotopic (exact) mass is 630 g/mol. The van der Waals surface area contributed by atoms with Crippen molar-refractivity contribution in [1.82, 2.24) is 4.57 Å². The summed E-state index contributed by atoms with van der Waals surface area (Å²) in [5.74, 6) is 0.980. The van der Waals surface area contributed by atoms with Crippen LogP contribution in [0.25, 0.3) is 17.4 Å². The highest BCUT2D eigenvalue weighted by Gasteiger charge is 2.34. The molecule has 0 unspecified atom stereocenters. The van der Waals surface area contributed by atoms with Gasteiger partial charge in [-0.05, 0) is 82.1 Å². The van der Waals surface area contributed by atoms with Gasteiger partial charge in [0.2, 0.25) is 0 Å². The van der Waals surface area contributed by atoms with E-state index in [1.54, 1.807) is 56.3 Å². The highest BCUT2D eigenvalue weighted by molar-refractivity contribution is 7.07. The van der Waals surface area contributed by atoms with Gasteiger partial charge in [0.15, 0.2) is 16.3 Å². The number of fused-ring (bicyclic) bond motifs is 1. The Kier molecular flexibility index (Phi) is 9.10. The number of rotatable bonds is 9. The summed E-state index contributed by atoms with van der Waals surface area (Å²) in [6.07, 6.45) is 1.57. The number of esters is 2. The van der Waals surface area contributed by atoms with Gasteiger partial charge in [-0.15, -0.1) is 0 Å². The van der Waals surface area contributed by atoms with Gasteiger partial charge in [0.25, 0.3) is 5.56 Å². The number of hydrogen-bond acceptors (Lipinski definition) is 10. The molecule has 0 N–H and O–H groups in total. The number of hydrogen-bond donors (Lipinski definition) is 0. The van der Waals surface area contributed by atoms with Crippen LogP contribution in [0.4, 0.5) is 0 Å². The molecule has 2 aromatic carbocycles. The van der Waals surface area contributed by atoms with Crippen molar-refractivity contribution in [1.29, 1.82) is 0 Å². The first kappa shape index (κ1) is 31.5. The molecule has 1 aliphatic heterocycles. The Bertz CT molecular complexity index is 2000. The molecule has 10 nitrogen and oxygen atoms in total. The molecule has 0 fully saturated rings. The number of methoxy groups -OCH3 is 2. The Balaban J connectivity index is 1.63. The van der Waals surface area contributed by atoms with E-state index in [9.17, 15) is 14.4 Å². The van der Waals surface area contributed by atoms with Crippen LogP contribution in [0.2, 0.25) is 0 Å². The second-order valence-corrected chi connectivity index (χ2v) is 11.6. The third-order valence-corrected chi connectivity index (χ3v) is 8.19. The molecule has 45 heavy (non-hydrogen) atoms. The van der Waals surface area contributed by atoms with Gasteiger partial charge in [-0.25, -0.2) is 14.6 Å². The first-order valence-corrected chi connectivity index (χ1v) is 15.2. The summed E-state index contributed by atoms with van der Waals surface area (Å²) in [6, 6.07) is 13.3. The van der Waals surface area contributed by atoms with E-state index >= 15 is 0 Å². The van der Waals surface area contributed by atoms with E-state index in [1.165, 1.54) is 30.1 Å². The van der Waals surface area contributed by atoms with E-state index < -0.39 is 18.0 Å². The van der Waals surface area contributed by atoms with Crippen molar-refractivity contribution in [2.75, 3.05) is 20.8 Å². The van der Waals surface area contributed by atoms with Crippen molar-refractivity contribution < 1.29 is 33.0 Å². The number of thiazole rings is 1. The molecular weight excluding hydrogens is 596 g/mol. The van der Waals surface area contributed by atoms with Crippen LogP contribution in [0, 0.1) is 6.92 Å². The number of carbonyl (C=O) groups is 2. The number of aromatic nitrogens is 1. The minimum atomic E-state index is -0.819. The van der Waals surface area contributed by atoms with Crippen LogP contribution in [0.5, 0.6) is 11.5 Å². The second kappa shape index (κ2) is 13.0. The second-order valence-electron chi connectivity index (χ2n) is 10.6. The molecule has 3 heterocycles. The zero-order chi connectivity index (χ0) is 32.4. The van der Waals surface area contributed by atoms with Crippen molar-refractivity contribution in [3.63, 3.8) is 0 Å². The maximum absolute atomic E-state index is 14.0. The zero-order valence-corrected chi connectivity index (χ0v) is 26.9. The summed E-state index contributed by atoms with van der Waals surface area (Å²) in [4.78, 5) is 44.5. The molecule has 0 saturated heterocycles. The van der Waals surface area contributed by atoms with Crippen molar-refractivity contribution in [2.45, 2.75) is 46.8 Å². The van der Waals surface area contributed by atoms with Gasteiger partial charge in [-0.1, -0.05) is 23.5 Å². The molecule has 4 aromatic rings. The maximum atomic E-state index is 14.0. The molecule has 1 aliphatic rings. The summed E-state index contributed by atoms with van der Waals surface area (Å²) in [5, 5.41) is 0. The van der Waals surface area contributed by atoms with Gasteiger partial charge in [-0.2, -0.15) is 0 Å². The van der Waals surface area contributed by atoms with Crippen molar-refractivity contribution >= 4 is 29.4 Å². The lowest BCUT2D eigenvalue weighted by molar-refractivity contribution is -0.139. The van der Waals surface area contributed by atoms with E-state index in [0.29, 0.717) is 49.2 Å². The average Bonchev–Trinajstić information content (AvgIpc) is 3.60. The molecule has 1 atom stereocenters. The van der Waals surface area contributed by atoms with E-state index in [4.69, 9.17) is 23.4 Å². The normalized spacial score (nSPS) is 14.7. The minimum Gasteiger partial charge on any atom is -0.493 e. The van der Waals surface area contributed by atoms with Gasteiger partial charge in [0.1, 0.15) is 11.5 Å². The third-order valence-electron chi connectivity index (χ3n) is 7.21. The number of allylic oxidation sites excluding steroid dienone is 1. The first-order chi connectivity index (χ1) is 21.6. The molecule has 0 spiro atoms. The number of benzene rings is 2. The van der Waals surface area contributed by atoms with Gasteiger partial charge in [-0.3, -0.25) is 9.36 Å². The molecule has 11 heteroatoms. The molecule has 234 valence electrons. The molecule has 2 aromatic heterocycles. The SMILES string of the molecule is CCOC(=O)C1=C(C)N=c2s/c(=C\c3ccc(-c4cc(C(=O)OC)ccc4C)o3)c(=O)n2[C@@H]1c1ccc(OC(C)C)c(OC)c1. The molecule has 0 bridgehead atoms. The smallest absolute Gasteiger partial charge is 0.338 e. The highest BCUT2D eigenvalue weighted by atomic mass is 32.1. The standard InChI is InChI=1S/C34H34N2O8S/c1-8-42-33(39)29-20(5)35-34-36(30(29)21-11-13-26(43-18(2)3)27(16-21)40-6)31(37)28(45-34)17-23-12-14-25(44-23)24-15-22(32(38)41-7)10-9-19(24)4/h9-18,30H,8H2,1-7H3/b28-17-/t30-/m1/s1. The lowest BCUT2D eigenvalue weighted by Gasteiger charge is -2.25. The molecule has 0 saturated carbocycles. The molecule has 0 radical (unpaired) electrons. The fourth-order valence-corrected chi connectivity index (χ4v) is 6.18. The maximum Gasteiger partial charge on any atom is 0.338 e. The first-order valence-electron chi connectivity index (χ1n) is 14.4. The zero-order valence-electron chi connectivity index (χ0n) is 26.1. The fraction of sp³-hybridized carbons (Fsp3) is 0.294. The summed E-state index contributed by atoms with van der Waals surface area (Å²) >= 11 is 1.19. The van der Waals surface area contributed by atoms with Crippen molar-refractivity contribution in [3.05, 3.63) is 102 Å². The van der Waals surface area contributed by atoms with Gasteiger partial charge in [0.05, 0.1) is 54.3 Å². The third kappa shape index (κ3) is 6.21. The summed E-state index contributed by atoms with van der Waals surface area (Å²) < 4.78 is 29.7. The Labute approximate surface area is 263 Å². The Morgan fingerprint density at radius 1 is 1.04 bits per heavy atom. The number of aryl methyl sites for hydroxylation is 1. The summed E-state index contributed by atoms with van der Waals surface area (Å²) in [5.41, 5.74) is 3.04. The van der Waals surface area contributed by atoms with E-state index in [0.717, 1.165) is 11.1 Å². The fourth-order valence-electron chi connectivity index (χ4n) is 5.15. The van der Waals surface area contributed by atoms with E-state index in [1.807, 2.05) is 32.9 Å². The quantitative estimate of drug-likeness (QED) is 0.239. The van der Waals surface area contributed by atoms with Gasteiger partial charge in [0, 0.05) is 11.6 Å². The average molecular weight is 631 g/mol. The predicted octanol–water partition coefficient (Wildman–Crippen LogP) is 4.95. The molecule has 5 rings (SSSR count). The van der Waals surface area contributed by atoms with Crippen LogP contribution in [0.1, 0.15) is 61.0 Å². The topological polar surface area (TPSA) is 119 Å². The number of nitrogens with zero attached hydrogens (tertiary/aromatic N) is 2. The van der Waals surface area contributed by atoms with Crippen LogP contribution in [0.15, 0.2) is 74.0 Å². The van der Waals surface area contributed by atoms with Crippen molar-refractivity contribution in [3.8, 4) is 22.8 Å². The van der Waals surface area contributed by atoms with Gasteiger partial charge < -0.3 is 23.4 Å². The Morgan fingerprint density at radius 2 is 1.82 bits per heavy atom. The Morgan fingerprint density at radius 3 is 2.51 bits per heavy atom. The van der Waals surface area contributed by atoms with Crippen LogP contribution in [-0.2, 0) is 14.3 Å². The summed E-state index contributed by atoms with van der Waals surface area (Å²) in [7, 11) is 2.87. The number of carbonyl (C=O) groups excluding carboxylic acids is 2. The lowest BCUT2D eigenvalue weighted by atomic mass is 9.95. The van der Waals surface area contributed by atoms with Crippen LogP contribution < -0.4 is 24.4 Å². The Hall–Kier alpha value is -4.90. The largest absolute Gasteiger partial charge is 0.493 e. The van der Waals surface area contributed by atoms with Crippen LogP contribution >= 0.6 is 11.3 Å². The summed E-state index contributed by atoms with van der Waals surface area (Å²) in [6.45, 7) is 9.37. The van der Waals surface area contributed by atoms with Crippen LogP contribution in [0.3, 0.4) is 0 Å². The molecule has 0 aliphatic carbocycles. The predicted molar refractivity (Wildman–Crippen MR) is 169 cm³/mol. The van der Waals surface area contributed by atoms with E-state index in [-0.39, 0.29) is 23.8 Å². The molecule has 0 amide bonds.